The van der Waals surface area contributed by atoms with E-state index < -0.39 is 0 Å². The lowest BCUT2D eigenvalue weighted by Crippen LogP contribution is -2.29. The second-order valence-corrected chi connectivity index (χ2v) is 6.05. The fraction of sp³-hybridized carbons (Fsp3) is 0.500. The first-order valence-electron chi connectivity index (χ1n) is 6.60. The minimum atomic E-state index is -0.109. The predicted molar refractivity (Wildman–Crippen MR) is 78.1 cm³/mol. The molecule has 0 aliphatic carbocycles. The monoisotopic (exact) mass is 293 g/mol. The summed E-state index contributed by atoms with van der Waals surface area (Å²) in [4.78, 5) is 19.3. The highest BCUT2D eigenvalue weighted by Crippen LogP contribution is 2.17. The van der Waals surface area contributed by atoms with Gasteiger partial charge in [-0.3, -0.25) is 4.79 Å². The van der Waals surface area contributed by atoms with E-state index in [4.69, 9.17) is 4.52 Å². The van der Waals surface area contributed by atoms with Crippen LogP contribution in [0, 0.1) is 6.92 Å². The number of thiazole rings is 1. The normalized spacial score (nSPS) is 11.1. The van der Waals surface area contributed by atoms with Gasteiger partial charge in [-0.1, -0.05) is 19.0 Å². The number of aromatic nitrogens is 2. The van der Waals surface area contributed by atoms with E-state index in [-0.39, 0.29) is 11.8 Å². The molecule has 0 saturated heterocycles. The second-order valence-electron chi connectivity index (χ2n) is 5.11. The Hall–Kier alpha value is -1.69. The van der Waals surface area contributed by atoms with Crippen LogP contribution in [-0.4, -0.2) is 34.5 Å². The van der Waals surface area contributed by atoms with Gasteiger partial charge < -0.3 is 9.42 Å². The van der Waals surface area contributed by atoms with Crippen molar-refractivity contribution in [2.75, 3.05) is 13.6 Å². The van der Waals surface area contributed by atoms with Crippen molar-refractivity contribution in [3.63, 3.8) is 0 Å². The first-order chi connectivity index (χ1) is 9.49. The number of nitrogens with zero attached hydrogens (tertiary/aromatic N) is 3. The number of likely N-dealkylation sites (N-methyl/N-ethyl adjacent to an activating group) is 1. The summed E-state index contributed by atoms with van der Waals surface area (Å²) in [5.74, 6) is 0.858. The minimum Gasteiger partial charge on any atom is -0.360 e. The largest absolute Gasteiger partial charge is 0.360 e. The first-order valence-corrected chi connectivity index (χ1v) is 7.48. The van der Waals surface area contributed by atoms with Crippen LogP contribution in [0.3, 0.4) is 0 Å². The molecular weight excluding hydrogens is 274 g/mol. The van der Waals surface area contributed by atoms with Crippen molar-refractivity contribution in [1.82, 2.24) is 15.0 Å². The molecule has 2 rings (SSSR count). The highest BCUT2D eigenvalue weighted by atomic mass is 32.1. The summed E-state index contributed by atoms with van der Waals surface area (Å²) in [6.07, 6.45) is 0.813. The van der Waals surface area contributed by atoms with Gasteiger partial charge in [-0.2, -0.15) is 0 Å². The van der Waals surface area contributed by atoms with Gasteiger partial charge >= 0.3 is 0 Å². The van der Waals surface area contributed by atoms with Crippen LogP contribution >= 0.6 is 11.3 Å². The van der Waals surface area contributed by atoms with Crippen molar-refractivity contribution < 1.29 is 9.32 Å². The van der Waals surface area contributed by atoms with Crippen LogP contribution < -0.4 is 0 Å². The highest BCUT2D eigenvalue weighted by Gasteiger charge is 2.18. The Morgan fingerprint density at radius 1 is 1.50 bits per heavy atom. The molecule has 0 saturated carbocycles. The molecule has 0 bridgehead atoms. The SMILES string of the molecule is Cc1ncsc1CCN(C)C(=O)c1cc(C(C)C)on1. The van der Waals surface area contributed by atoms with Gasteiger partial charge in [-0.05, 0) is 6.92 Å². The molecule has 2 aromatic rings. The lowest BCUT2D eigenvalue weighted by atomic mass is 10.1. The Morgan fingerprint density at radius 3 is 2.80 bits per heavy atom. The van der Waals surface area contributed by atoms with Gasteiger partial charge in [0, 0.05) is 36.9 Å². The lowest BCUT2D eigenvalue weighted by molar-refractivity contribution is 0.0786. The molecule has 2 heterocycles. The Balaban J connectivity index is 1.96. The van der Waals surface area contributed by atoms with Gasteiger partial charge in [0.25, 0.3) is 5.91 Å². The number of carbonyl (C=O) groups is 1. The molecule has 0 N–H and O–H groups in total. The molecule has 2 aromatic heterocycles. The van der Waals surface area contributed by atoms with Crippen molar-refractivity contribution in [3.8, 4) is 0 Å². The van der Waals surface area contributed by atoms with Crippen LogP contribution in [0.2, 0.25) is 0 Å². The maximum Gasteiger partial charge on any atom is 0.275 e. The molecule has 6 heteroatoms. The average Bonchev–Trinajstić information content (AvgIpc) is 3.04. The third-order valence-corrected chi connectivity index (χ3v) is 4.18. The van der Waals surface area contributed by atoms with E-state index in [1.165, 1.54) is 4.88 Å². The van der Waals surface area contributed by atoms with E-state index >= 15 is 0 Å². The number of hydrogen-bond acceptors (Lipinski definition) is 5. The second kappa shape index (κ2) is 6.17. The van der Waals surface area contributed by atoms with Crippen LogP contribution in [0.25, 0.3) is 0 Å². The van der Waals surface area contributed by atoms with Crippen molar-refractivity contribution >= 4 is 17.2 Å². The summed E-state index contributed by atoms with van der Waals surface area (Å²) in [6.45, 7) is 6.64. The zero-order valence-corrected chi connectivity index (χ0v) is 13.0. The summed E-state index contributed by atoms with van der Waals surface area (Å²) in [5, 5.41) is 3.85. The van der Waals surface area contributed by atoms with Crippen LogP contribution in [0.5, 0.6) is 0 Å². The van der Waals surface area contributed by atoms with Crippen molar-refractivity contribution in [2.45, 2.75) is 33.1 Å². The van der Waals surface area contributed by atoms with Gasteiger partial charge in [0.1, 0.15) is 5.76 Å². The third kappa shape index (κ3) is 3.25. The summed E-state index contributed by atoms with van der Waals surface area (Å²) >= 11 is 1.62. The van der Waals surface area contributed by atoms with Gasteiger partial charge in [-0.15, -0.1) is 11.3 Å². The molecule has 0 aliphatic heterocycles. The summed E-state index contributed by atoms with van der Waals surface area (Å²) in [6, 6.07) is 1.72. The van der Waals surface area contributed by atoms with Crippen molar-refractivity contribution in [3.05, 3.63) is 33.6 Å². The molecular formula is C14H19N3O2S. The molecule has 0 aromatic carbocycles. The third-order valence-electron chi connectivity index (χ3n) is 3.18. The standard InChI is InChI=1S/C14H19N3O2S/c1-9(2)12-7-11(16-19-12)14(18)17(4)6-5-13-10(3)15-8-20-13/h7-9H,5-6H2,1-4H3. The summed E-state index contributed by atoms with van der Waals surface area (Å²) in [7, 11) is 1.78. The molecule has 5 nitrogen and oxygen atoms in total. The molecule has 0 atom stereocenters. The molecule has 0 radical (unpaired) electrons. The number of amides is 1. The van der Waals surface area contributed by atoms with Crippen molar-refractivity contribution in [1.29, 1.82) is 0 Å². The average molecular weight is 293 g/mol. The maximum absolute atomic E-state index is 12.2. The number of aryl methyl sites for hydroxylation is 1. The molecule has 0 unspecified atom stereocenters. The Morgan fingerprint density at radius 2 is 2.25 bits per heavy atom. The Kier molecular flexibility index (Phi) is 4.54. The molecule has 0 aliphatic rings. The van der Waals surface area contributed by atoms with Crippen LogP contribution in [0.4, 0.5) is 0 Å². The van der Waals surface area contributed by atoms with E-state index in [2.05, 4.69) is 10.1 Å². The smallest absolute Gasteiger partial charge is 0.275 e. The lowest BCUT2D eigenvalue weighted by Gasteiger charge is -2.14. The topological polar surface area (TPSA) is 59.2 Å². The van der Waals surface area contributed by atoms with Crippen LogP contribution in [0.1, 0.15) is 46.6 Å². The summed E-state index contributed by atoms with van der Waals surface area (Å²) < 4.78 is 5.16. The van der Waals surface area contributed by atoms with Crippen LogP contribution in [-0.2, 0) is 6.42 Å². The molecule has 108 valence electrons. The number of carbonyl (C=O) groups excluding carboxylic acids is 1. The molecule has 0 fully saturated rings. The maximum atomic E-state index is 12.2. The zero-order chi connectivity index (χ0) is 14.7. The molecule has 0 spiro atoms. The Bertz CT molecular complexity index is 589. The minimum absolute atomic E-state index is 0.109. The van der Waals surface area contributed by atoms with E-state index in [0.29, 0.717) is 12.2 Å². The van der Waals surface area contributed by atoms with Gasteiger partial charge in [0.15, 0.2) is 5.69 Å². The first kappa shape index (κ1) is 14.7. The molecule has 20 heavy (non-hydrogen) atoms. The zero-order valence-electron chi connectivity index (χ0n) is 12.2. The number of rotatable bonds is 5. The quantitative estimate of drug-likeness (QED) is 0.850. The predicted octanol–water partition coefficient (Wildman–Crippen LogP) is 2.88. The van der Waals surface area contributed by atoms with E-state index in [0.717, 1.165) is 17.9 Å². The molecule has 1 amide bonds. The Labute approximate surface area is 122 Å². The van der Waals surface area contributed by atoms with E-state index in [1.54, 1.807) is 29.4 Å². The highest BCUT2D eigenvalue weighted by molar-refractivity contribution is 7.09. The van der Waals surface area contributed by atoms with Crippen LogP contribution in [0.15, 0.2) is 16.1 Å². The van der Waals surface area contributed by atoms with E-state index in [9.17, 15) is 4.79 Å². The fourth-order valence-electron chi connectivity index (χ4n) is 1.79. The summed E-state index contributed by atoms with van der Waals surface area (Å²) in [5.41, 5.74) is 3.25. The van der Waals surface area contributed by atoms with Gasteiger partial charge in [-0.25, -0.2) is 4.98 Å². The van der Waals surface area contributed by atoms with E-state index in [1.807, 2.05) is 26.3 Å². The van der Waals surface area contributed by atoms with Crippen molar-refractivity contribution in [2.24, 2.45) is 0 Å². The van der Waals surface area contributed by atoms with Gasteiger partial charge in [0.05, 0.1) is 11.2 Å². The number of hydrogen-bond donors (Lipinski definition) is 0. The fourth-order valence-corrected chi connectivity index (χ4v) is 2.57. The van der Waals surface area contributed by atoms with Gasteiger partial charge in [0.2, 0.25) is 0 Å².